The summed E-state index contributed by atoms with van der Waals surface area (Å²) in [6.07, 6.45) is 4.98. The Kier molecular flexibility index (Phi) is 25.2. The average molecular weight is 671 g/mol. The van der Waals surface area contributed by atoms with Gasteiger partial charge in [-0.05, 0) is 25.7 Å². The highest BCUT2D eigenvalue weighted by Gasteiger charge is 2.33. The summed E-state index contributed by atoms with van der Waals surface area (Å²) in [6.45, 7) is 15.1. The van der Waals surface area contributed by atoms with Gasteiger partial charge in [0, 0.05) is 11.1 Å². The second-order valence-electron chi connectivity index (χ2n) is 10.6. The number of hydrogen-bond donors (Lipinski definition) is 0. The van der Waals surface area contributed by atoms with Gasteiger partial charge in [-0.25, -0.2) is 9.59 Å². The summed E-state index contributed by atoms with van der Waals surface area (Å²) in [5.74, 6) is -7.16. The number of hydrogen-bond acceptors (Lipinski definition) is 13. The van der Waals surface area contributed by atoms with Gasteiger partial charge in [-0.3, -0.25) is 19.2 Å². The molecular weight excluding hydrogens is 616 g/mol. The molecule has 2 atom stereocenters. The molecule has 0 aromatic heterocycles. The van der Waals surface area contributed by atoms with E-state index in [1.165, 1.54) is 0 Å². The number of carbonyl (C=O) groups excluding carboxylic acids is 6. The first-order chi connectivity index (χ1) is 22.5. The van der Waals surface area contributed by atoms with Crippen LogP contribution in [-0.2, 0) is 61.9 Å². The zero-order valence-electron chi connectivity index (χ0n) is 28.6. The number of esters is 6. The molecule has 0 amide bonds. The third-order valence-corrected chi connectivity index (χ3v) is 6.60. The molecule has 13 nitrogen and oxygen atoms in total. The number of unbranched alkanes of at least 4 members (excludes halogenated alkanes) is 4. The van der Waals surface area contributed by atoms with Gasteiger partial charge in [-0.1, -0.05) is 66.5 Å². The van der Waals surface area contributed by atoms with Crippen LogP contribution in [-0.4, -0.2) is 88.7 Å². The Morgan fingerprint density at radius 3 is 1.09 bits per heavy atom. The van der Waals surface area contributed by atoms with Crippen molar-refractivity contribution in [3.63, 3.8) is 0 Å². The third-order valence-electron chi connectivity index (χ3n) is 6.60. The van der Waals surface area contributed by atoms with E-state index in [4.69, 9.17) is 33.2 Å². The predicted octanol–water partition coefficient (Wildman–Crippen LogP) is 4.59. The van der Waals surface area contributed by atoms with Crippen LogP contribution in [0.2, 0.25) is 0 Å². The number of carbonyl (C=O) groups is 6. The summed E-state index contributed by atoms with van der Waals surface area (Å²) in [5, 5.41) is 0. The molecule has 0 rings (SSSR count). The molecule has 0 saturated heterocycles. The Balaban J connectivity index is 4.82. The predicted molar refractivity (Wildman–Crippen MR) is 171 cm³/mol. The lowest BCUT2D eigenvalue weighted by Gasteiger charge is -2.18. The molecule has 0 aliphatic rings. The Morgan fingerprint density at radius 1 is 0.447 bits per heavy atom. The molecule has 0 saturated carbocycles. The van der Waals surface area contributed by atoms with E-state index < -0.39 is 60.5 Å². The van der Waals surface area contributed by atoms with Crippen LogP contribution >= 0.6 is 0 Å². The van der Waals surface area contributed by atoms with Gasteiger partial charge in [-0.15, -0.1) is 0 Å². The van der Waals surface area contributed by atoms with Gasteiger partial charge in [0.05, 0.1) is 64.3 Å². The fraction of sp³-hybridized carbons (Fsp3) is 0.706. The molecule has 0 aromatic rings. The van der Waals surface area contributed by atoms with E-state index in [0.29, 0.717) is 25.7 Å². The van der Waals surface area contributed by atoms with Gasteiger partial charge in [0.15, 0.2) is 0 Å². The normalized spacial score (nSPS) is 11.8. The maximum atomic E-state index is 12.6. The van der Waals surface area contributed by atoms with Crippen molar-refractivity contribution in [2.45, 2.75) is 91.9 Å². The van der Waals surface area contributed by atoms with Crippen LogP contribution in [0, 0.1) is 11.8 Å². The Bertz CT molecular complexity index is 926. The molecule has 0 aliphatic heterocycles. The molecule has 0 spiro atoms. The Labute approximate surface area is 278 Å². The molecule has 268 valence electrons. The van der Waals surface area contributed by atoms with Crippen molar-refractivity contribution in [2.75, 3.05) is 52.9 Å². The minimum atomic E-state index is -1.26. The van der Waals surface area contributed by atoms with E-state index in [1.807, 2.05) is 27.7 Å². The zero-order chi connectivity index (χ0) is 35.5. The molecule has 13 heteroatoms. The van der Waals surface area contributed by atoms with Crippen LogP contribution in [0.3, 0.4) is 0 Å². The van der Waals surface area contributed by atoms with Crippen molar-refractivity contribution in [1.29, 1.82) is 0 Å². The van der Waals surface area contributed by atoms with Crippen LogP contribution in [0.5, 0.6) is 0 Å². The highest BCUT2D eigenvalue weighted by molar-refractivity contribution is 5.97. The van der Waals surface area contributed by atoms with Crippen LogP contribution < -0.4 is 0 Å². The zero-order valence-corrected chi connectivity index (χ0v) is 28.6. The second kappa shape index (κ2) is 27.4. The maximum absolute atomic E-state index is 12.6. The molecule has 0 aromatic carbocycles. The SMILES string of the molecule is C=C(C(=O)OCCOCCOC(=O)C(=C)C(CC(=O)OCCCC)C(=O)OCCCC)C(CC(=O)OCCCC)C(=O)OCCCC. The average Bonchev–Trinajstić information content (AvgIpc) is 3.05. The Hall–Kier alpha value is -3.74. The minimum absolute atomic E-state index is 0.0851. The first kappa shape index (κ1) is 43.3. The van der Waals surface area contributed by atoms with E-state index in [-0.39, 0.29) is 64.0 Å². The maximum Gasteiger partial charge on any atom is 0.334 e. The quantitative estimate of drug-likeness (QED) is 0.0491. The lowest BCUT2D eigenvalue weighted by atomic mass is 9.97. The van der Waals surface area contributed by atoms with Crippen molar-refractivity contribution in [2.24, 2.45) is 11.8 Å². The lowest BCUT2D eigenvalue weighted by molar-refractivity contribution is -0.156. The van der Waals surface area contributed by atoms with Gasteiger partial charge in [0.1, 0.15) is 13.2 Å². The van der Waals surface area contributed by atoms with E-state index in [9.17, 15) is 28.8 Å². The van der Waals surface area contributed by atoms with E-state index >= 15 is 0 Å². The highest BCUT2D eigenvalue weighted by Crippen LogP contribution is 2.20. The Morgan fingerprint density at radius 2 is 0.766 bits per heavy atom. The molecule has 47 heavy (non-hydrogen) atoms. The van der Waals surface area contributed by atoms with Gasteiger partial charge in [-0.2, -0.15) is 0 Å². The highest BCUT2D eigenvalue weighted by atomic mass is 16.6. The molecule has 0 fully saturated rings. The first-order valence-corrected chi connectivity index (χ1v) is 16.5. The molecular formula is C34H54O13. The van der Waals surface area contributed by atoms with Gasteiger partial charge < -0.3 is 33.2 Å². The fourth-order valence-electron chi connectivity index (χ4n) is 3.60. The van der Waals surface area contributed by atoms with Crippen molar-refractivity contribution >= 4 is 35.8 Å². The summed E-state index contributed by atoms with van der Waals surface area (Å²) in [4.78, 5) is 74.8. The van der Waals surface area contributed by atoms with Crippen molar-refractivity contribution < 1.29 is 61.9 Å². The third kappa shape index (κ3) is 20.2. The van der Waals surface area contributed by atoms with Crippen LogP contribution in [0.4, 0.5) is 0 Å². The lowest BCUT2D eigenvalue weighted by Crippen LogP contribution is -2.29. The smallest absolute Gasteiger partial charge is 0.334 e. The molecule has 0 heterocycles. The van der Waals surface area contributed by atoms with Gasteiger partial charge in [0.25, 0.3) is 0 Å². The van der Waals surface area contributed by atoms with Crippen LogP contribution in [0.15, 0.2) is 24.3 Å². The molecule has 2 unspecified atom stereocenters. The van der Waals surface area contributed by atoms with Crippen molar-refractivity contribution in [3.05, 3.63) is 24.3 Å². The second-order valence-corrected chi connectivity index (χ2v) is 10.6. The van der Waals surface area contributed by atoms with E-state index in [1.54, 1.807) is 0 Å². The van der Waals surface area contributed by atoms with E-state index in [2.05, 4.69) is 13.2 Å². The van der Waals surface area contributed by atoms with Crippen molar-refractivity contribution in [1.82, 2.24) is 0 Å². The largest absolute Gasteiger partial charge is 0.466 e. The molecule has 0 bridgehead atoms. The summed E-state index contributed by atoms with van der Waals surface area (Å²) >= 11 is 0. The van der Waals surface area contributed by atoms with Gasteiger partial charge >= 0.3 is 35.8 Å². The topological polar surface area (TPSA) is 167 Å². The van der Waals surface area contributed by atoms with Gasteiger partial charge in [0.2, 0.25) is 0 Å². The number of ether oxygens (including phenoxy) is 7. The molecule has 0 N–H and O–H groups in total. The number of rotatable bonds is 28. The minimum Gasteiger partial charge on any atom is -0.466 e. The first-order valence-electron chi connectivity index (χ1n) is 16.5. The van der Waals surface area contributed by atoms with Crippen LogP contribution in [0.25, 0.3) is 0 Å². The van der Waals surface area contributed by atoms with E-state index in [0.717, 1.165) is 25.7 Å². The van der Waals surface area contributed by atoms with Crippen LogP contribution in [0.1, 0.15) is 91.9 Å². The molecule has 0 aliphatic carbocycles. The molecule has 0 radical (unpaired) electrons. The summed E-state index contributed by atoms with van der Waals surface area (Å²) in [5.41, 5.74) is -0.494. The monoisotopic (exact) mass is 670 g/mol. The van der Waals surface area contributed by atoms with Crippen molar-refractivity contribution in [3.8, 4) is 0 Å². The fourth-order valence-corrected chi connectivity index (χ4v) is 3.60. The summed E-state index contributed by atoms with van der Waals surface area (Å²) < 4.78 is 36.2. The summed E-state index contributed by atoms with van der Waals surface area (Å²) in [6, 6.07) is 0. The summed E-state index contributed by atoms with van der Waals surface area (Å²) in [7, 11) is 0. The standard InChI is InChI=1S/C34H54O13/c1-7-11-15-42-29(35)23-27(33(39)44-17-13-9-3)25(5)31(37)46-21-19-41-20-22-47-32(38)26(6)28(34(40)45-18-14-10-4)24-30(36)43-16-12-8-2/h27-28H,5-24H2,1-4H3.